The lowest BCUT2D eigenvalue weighted by Gasteiger charge is -2.02. The Kier molecular flexibility index (Phi) is 2.82. The van der Waals surface area contributed by atoms with Crippen molar-refractivity contribution in [2.45, 2.75) is 6.54 Å². The fraction of sp³-hybridized carbons (Fsp3) is 0.100. The lowest BCUT2D eigenvalue weighted by atomic mass is 10.3. The third-order valence-electron chi connectivity index (χ3n) is 2.03. The van der Waals surface area contributed by atoms with E-state index in [9.17, 15) is 9.59 Å². The predicted molar refractivity (Wildman–Crippen MR) is 58.9 cm³/mol. The van der Waals surface area contributed by atoms with Gasteiger partial charge >= 0.3 is 5.97 Å². The van der Waals surface area contributed by atoms with E-state index < -0.39 is 5.97 Å². The number of aromatic carboxylic acids is 1. The Hall–Kier alpha value is -1.95. The number of pyridine rings is 1. The lowest BCUT2D eigenvalue weighted by Crippen LogP contribution is -2.20. The van der Waals surface area contributed by atoms with E-state index in [2.05, 4.69) is 4.98 Å². The van der Waals surface area contributed by atoms with Crippen molar-refractivity contribution >= 4 is 17.3 Å². The minimum atomic E-state index is -1.10. The summed E-state index contributed by atoms with van der Waals surface area (Å²) in [6.45, 7) is 0.371. The van der Waals surface area contributed by atoms with Crippen LogP contribution in [0.3, 0.4) is 0 Å². The Bertz CT molecular complexity index is 560. The molecule has 0 saturated carbocycles. The van der Waals surface area contributed by atoms with E-state index in [1.54, 1.807) is 6.20 Å². The second kappa shape index (κ2) is 4.28. The Labute approximate surface area is 94.6 Å². The predicted octanol–water partition coefficient (Wildman–Crippen LogP) is 1.05. The van der Waals surface area contributed by atoms with Gasteiger partial charge in [-0.2, -0.15) is 0 Å². The number of nitrogens with zero attached hydrogens (tertiary/aromatic N) is 2. The second-order valence-corrected chi connectivity index (χ2v) is 4.09. The minimum absolute atomic E-state index is 0.000360. The number of thiazole rings is 1. The van der Waals surface area contributed by atoms with Gasteiger partial charge in [0, 0.05) is 23.8 Å². The molecule has 0 aliphatic heterocycles. The summed E-state index contributed by atoms with van der Waals surface area (Å²) in [5, 5.41) is 11.3. The van der Waals surface area contributed by atoms with Crippen LogP contribution in [-0.2, 0) is 6.54 Å². The topological polar surface area (TPSA) is 72.2 Å². The minimum Gasteiger partial charge on any atom is -0.478 e. The summed E-state index contributed by atoms with van der Waals surface area (Å²) >= 11 is 1.45. The number of carboxylic acids is 1. The Morgan fingerprint density at radius 1 is 1.56 bits per heavy atom. The standard InChI is InChI=1S/C10H8N2O3S/c13-9-5-7(10(14)15)1-3-12(9)6-8-11-2-4-16-8/h1-5H,6H2,(H,14,15). The number of carbonyl (C=O) groups is 1. The molecule has 0 aliphatic carbocycles. The molecule has 2 rings (SSSR count). The Morgan fingerprint density at radius 3 is 2.94 bits per heavy atom. The summed E-state index contributed by atoms with van der Waals surface area (Å²) < 4.78 is 1.42. The number of rotatable bonds is 3. The van der Waals surface area contributed by atoms with Gasteiger partial charge in [-0.3, -0.25) is 4.79 Å². The zero-order valence-corrected chi connectivity index (χ0v) is 8.98. The molecule has 0 spiro atoms. The van der Waals surface area contributed by atoms with Gasteiger partial charge in [-0.25, -0.2) is 9.78 Å². The zero-order valence-electron chi connectivity index (χ0n) is 8.16. The maximum atomic E-state index is 11.5. The van der Waals surface area contributed by atoms with Crippen molar-refractivity contribution < 1.29 is 9.90 Å². The van der Waals surface area contributed by atoms with Crippen LogP contribution in [0.25, 0.3) is 0 Å². The van der Waals surface area contributed by atoms with E-state index in [0.29, 0.717) is 6.54 Å². The molecule has 0 bridgehead atoms. The Balaban J connectivity index is 2.30. The van der Waals surface area contributed by atoms with Gasteiger partial charge in [0.2, 0.25) is 0 Å². The third-order valence-corrected chi connectivity index (χ3v) is 2.80. The van der Waals surface area contributed by atoms with Crippen molar-refractivity contribution in [2.75, 3.05) is 0 Å². The molecule has 0 saturated heterocycles. The van der Waals surface area contributed by atoms with Crippen LogP contribution >= 0.6 is 11.3 Å². The van der Waals surface area contributed by atoms with Crippen molar-refractivity contribution in [1.29, 1.82) is 0 Å². The van der Waals surface area contributed by atoms with E-state index in [1.807, 2.05) is 5.38 Å². The van der Waals surface area contributed by atoms with Crippen molar-refractivity contribution in [2.24, 2.45) is 0 Å². The van der Waals surface area contributed by atoms with Crippen LogP contribution in [0.4, 0.5) is 0 Å². The molecule has 82 valence electrons. The maximum absolute atomic E-state index is 11.5. The summed E-state index contributed by atoms with van der Waals surface area (Å²) in [7, 11) is 0. The molecule has 0 fully saturated rings. The fourth-order valence-corrected chi connectivity index (χ4v) is 1.86. The molecule has 2 aromatic heterocycles. The molecule has 0 unspecified atom stereocenters. The smallest absolute Gasteiger partial charge is 0.335 e. The highest BCUT2D eigenvalue weighted by molar-refractivity contribution is 7.09. The van der Waals surface area contributed by atoms with Crippen LogP contribution in [0.2, 0.25) is 0 Å². The molecule has 0 aliphatic rings. The molecule has 6 heteroatoms. The van der Waals surface area contributed by atoms with Gasteiger partial charge in [0.05, 0.1) is 12.1 Å². The van der Waals surface area contributed by atoms with Crippen molar-refractivity contribution in [3.05, 3.63) is 50.8 Å². The first kappa shape index (κ1) is 10.6. The number of carboxylic acid groups (broad SMARTS) is 1. The first-order valence-electron chi connectivity index (χ1n) is 4.49. The molecule has 0 aromatic carbocycles. The molecule has 0 radical (unpaired) electrons. The zero-order chi connectivity index (χ0) is 11.5. The van der Waals surface area contributed by atoms with Gasteiger partial charge in [-0.1, -0.05) is 0 Å². The van der Waals surface area contributed by atoms with Crippen LogP contribution < -0.4 is 5.56 Å². The van der Waals surface area contributed by atoms with Crippen LogP contribution in [0.1, 0.15) is 15.4 Å². The first-order valence-corrected chi connectivity index (χ1v) is 5.37. The first-order chi connectivity index (χ1) is 7.66. The summed E-state index contributed by atoms with van der Waals surface area (Å²) in [4.78, 5) is 26.2. The maximum Gasteiger partial charge on any atom is 0.335 e. The molecule has 0 atom stereocenters. The normalized spacial score (nSPS) is 10.2. The highest BCUT2D eigenvalue weighted by atomic mass is 32.1. The molecule has 1 N–H and O–H groups in total. The second-order valence-electron chi connectivity index (χ2n) is 3.11. The quantitative estimate of drug-likeness (QED) is 0.864. The molecule has 16 heavy (non-hydrogen) atoms. The summed E-state index contributed by atoms with van der Waals surface area (Å²) in [5.74, 6) is -1.10. The van der Waals surface area contributed by atoms with Crippen molar-refractivity contribution in [3.63, 3.8) is 0 Å². The highest BCUT2D eigenvalue weighted by Gasteiger charge is 2.05. The van der Waals surface area contributed by atoms with Crippen LogP contribution in [0, 0.1) is 0 Å². The average molecular weight is 236 g/mol. The van der Waals surface area contributed by atoms with Gasteiger partial charge < -0.3 is 9.67 Å². The Morgan fingerprint density at radius 2 is 2.38 bits per heavy atom. The van der Waals surface area contributed by atoms with Crippen molar-refractivity contribution in [1.82, 2.24) is 9.55 Å². The van der Waals surface area contributed by atoms with E-state index in [4.69, 9.17) is 5.11 Å². The highest BCUT2D eigenvalue weighted by Crippen LogP contribution is 2.05. The lowest BCUT2D eigenvalue weighted by molar-refractivity contribution is 0.0696. The molecule has 0 amide bonds. The van der Waals surface area contributed by atoms with E-state index in [0.717, 1.165) is 11.1 Å². The average Bonchev–Trinajstić information content (AvgIpc) is 2.73. The molecular weight excluding hydrogens is 228 g/mol. The largest absolute Gasteiger partial charge is 0.478 e. The number of hydrogen-bond donors (Lipinski definition) is 1. The van der Waals surface area contributed by atoms with Crippen LogP contribution in [0.5, 0.6) is 0 Å². The van der Waals surface area contributed by atoms with Gasteiger partial charge in [0.15, 0.2) is 0 Å². The van der Waals surface area contributed by atoms with Crippen molar-refractivity contribution in [3.8, 4) is 0 Å². The summed E-state index contributed by atoms with van der Waals surface area (Å²) in [5.41, 5.74) is -0.338. The van der Waals surface area contributed by atoms with E-state index >= 15 is 0 Å². The number of aromatic nitrogens is 2. The van der Waals surface area contributed by atoms with Crippen LogP contribution in [-0.4, -0.2) is 20.6 Å². The molecular formula is C10H8N2O3S. The molecule has 2 heterocycles. The number of hydrogen-bond acceptors (Lipinski definition) is 4. The van der Waals surface area contributed by atoms with E-state index in [1.165, 1.54) is 28.2 Å². The molecule has 2 aromatic rings. The molecule has 5 nitrogen and oxygen atoms in total. The van der Waals surface area contributed by atoms with E-state index in [-0.39, 0.29) is 11.1 Å². The third kappa shape index (κ3) is 2.17. The van der Waals surface area contributed by atoms with Crippen LogP contribution in [0.15, 0.2) is 34.7 Å². The summed E-state index contributed by atoms with van der Waals surface area (Å²) in [6, 6.07) is 2.51. The monoisotopic (exact) mass is 236 g/mol. The van der Waals surface area contributed by atoms with Gasteiger partial charge in [0.1, 0.15) is 5.01 Å². The SMILES string of the molecule is O=C(O)c1ccn(Cc2nccs2)c(=O)c1. The van der Waals surface area contributed by atoms with Gasteiger partial charge in [-0.15, -0.1) is 11.3 Å². The summed E-state index contributed by atoms with van der Waals surface area (Å²) in [6.07, 6.45) is 3.13. The fourth-order valence-electron chi connectivity index (χ4n) is 1.25. The van der Waals surface area contributed by atoms with Gasteiger partial charge in [0.25, 0.3) is 5.56 Å². The van der Waals surface area contributed by atoms with Gasteiger partial charge in [-0.05, 0) is 6.07 Å².